The first-order valence-corrected chi connectivity index (χ1v) is 8.49. The number of carbonyl (C=O) groups excluding carboxylic acids is 1. The fourth-order valence-corrected chi connectivity index (χ4v) is 3.94. The number of ketones is 1. The van der Waals surface area contributed by atoms with E-state index in [1.165, 1.54) is 0 Å². The van der Waals surface area contributed by atoms with E-state index < -0.39 is 6.17 Å². The smallest absolute Gasteiger partial charge is 0.218 e. The Hall–Kier alpha value is -1.78. The van der Waals surface area contributed by atoms with Crippen LogP contribution >= 0.6 is 0 Å². The first-order chi connectivity index (χ1) is 11.0. The Morgan fingerprint density at radius 3 is 2.83 bits per heavy atom. The maximum Gasteiger partial charge on any atom is 0.218 e. The van der Waals surface area contributed by atoms with Gasteiger partial charge in [0.25, 0.3) is 0 Å². The van der Waals surface area contributed by atoms with E-state index >= 15 is 0 Å². The lowest BCUT2D eigenvalue weighted by Gasteiger charge is -2.33. The number of nitrogens with zero attached hydrogens (tertiary/aromatic N) is 3. The number of Topliss-reactive ketones (excluding diaryl/α,β-unsaturated/α-hetero) is 1. The predicted octanol–water partition coefficient (Wildman–Crippen LogP) is 4.13. The first kappa shape index (κ1) is 14.8. The minimum atomic E-state index is -1.14. The molecule has 23 heavy (non-hydrogen) atoms. The number of fused-ring (bicyclic) bond motifs is 1. The molecule has 4 nitrogen and oxygen atoms in total. The molecule has 5 heteroatoms. The average Bonchev–Trinajstić information content (AvgIpc) is 3.13. The van der Waals surface area contributed by atoms with Crippen LogP contribution < -0.4 is 0 Å². The number of aromatic nitrogens is 3. The summed E-state index contributed by atoms with van der Waals surface area (Å²) in [6.07, 6.45) is 11.0. The zero-order chi connectivity index (χ0) is 16.2. The van der Waals surface area contributed by atoms with Crippen molar-refractivity contribution in [2.24, 2.45) is 10.8 Å². The van der Waals surface area contributed by atoms with Gasteiger partial charge in [0.15, 0.2) is 12.0 Å². The molecule has 122 valence electrons. The van der Waals surface area contributed by atoms with E-state index in [2.05, 4.69) is 29.2 Å². The van der Waals surface area contributed by atoms with Gasteiger partial charge in [-0.2, -0.15) is 0 Å². The number of allylic oxidation sites excluding steroid dienone is 4. The maximum absolute atomic E-state index is 14.5. The largest absolute Gasteiger partial charge is 0.290 e. The lowest BCUT2D eigenvalue weighted by atomic mass is 9.76. The van der Waals surface area contributed by atoms with Gasteiger partial charge >= 0.3 is 0 Å². The third kappa shape index (κ3) is 2.12. The zero-order valence-corrected chi connectivity index (χ0v) is 13.6. The van der Waals surface area contributed by atoms with Crippen molar-refractivity contribution in [3.8, 4) is 0 Å². The Balaban J connectivity index is 1.69. The molecular formula is C18H22FN3O. The molecule has 1 fully saturated rings. The van der Waals surface area contributed by atoms with Crippen LogP contribution in [0.5, 0.6) is 0 Å². The van der Waals surface area contributed by atoms with Crippen molar-refractivity contribution < 1.29 is 9.18 Å². The molecule has 0 amide bonds. The van der Waals surface area contributed by atoms with Gasteiger partial charge in [0.1, 0.15) is 0 Å². The molecule has 3 atom stereocenters. The van der Waals surface area contributed by atoms with E-state index in [0.29, 0.717) is 12.2 Å². The van der Waals surface area contributed by atoms with Crippen LogP contribution in [-0.4, -0.2) is 20.5 Å². The number of rotatable bonds is 4. The summed E-state index contributed by atoms with van der Waals surface area (Å²) >= 11 is 0. The van der Waals surface area contributed by atoms with Gasteiger partial charge in [-0.3, -0.25) is 4.79 Å². The molecule has 0 spiro atoms. The van der Waals surface area contributed by atoms with Crippen molar-refractivity contribution in [1.82, 2.24) is 14.8 Å². The van der Waals surface area contributed by atoms with Crippen molar-refractivity contribution >= 4 is 5.78 Å². The topological polar surface area (TPSA) is 47.8 Å². The number of alkyl halides is 1. The molecule has 4 rings (SSSR count). The minimum Gasteiger partial charge on any atom is -0.290 e. The van der Waals surface area contributed by atoms with Gasteiger partial charge in [-0.25, -0.2) is 14.1 Å². The molecule has 1 aromatic heterocycles. The standard InChI is InChI=1S/C18H22FN3O/c1-3-18(9-10-18)14(23)15-20-16-12(19)11-13(22(16)21-15)17(2)7-5-4-6-8-17/h4-7,12-13H,3,8-11H2,1-2H3/t12-,13-,17?/m0/s1. The zero-order valence-electron chi connectivity index (χ0n) is 13.6. The van der Waals surface area contributed by atoms with Crippen molar-refractivity contribution in [3.05, 3.63) is 36.0 Å². The highest BCUT2D eigenvalue weighted by Gasteiger charge is 2.51. The van der Waals surface area contributed by atoms with E-state index in [1.807, 2.05) is 19.1 Å². The van der Waals surface area contributed by atoms with Crippen LogP contribution in [0.25, 0.3) is 0 Å². The molecule has 0 saturated heterocycles. The molecule has 1 saturated carbocycles. The molecule has 0 N–H and O–H groups in total. The Bertz CT molecular complexity index is 716. The Labute approximate surface area is 135 Å². The van der Waals surface area contributed by atoms with Gasteiger partial charge in [0, 0.05) is 17.3 Å². The second kappa shape index (κ2) is 4.86. The summed E-state index contributed by atoms with van der Waals surface area (Å²) < 4.78 is 16.2. The van der Waals surface area contributed by atoms with Crippen molar-refractivity contribution in [2.45, 2.75) is 58.2 Å². The van der Waals surface area contributed by atoms with Gasteiger partial charge in [0.05, 0.1) is 6.04 Å². The summed E-state index contributed by atoms with van der Waals surface area (Å²) in [5.41, 5.74) is -0.457. The van der Waals surface area contributed by atoms with Crippen LogP contribution in [0.3, 0.4) is 0 Å². The van der Waals surface area contributed by atoms with Gasteiger partial charge in [0.2, 0.25) is 11.6 Å². The molecule has 2 heterocycles. The Morgan fingerprint density at radius 2 is 2.22 bits per heavy atom. The van der Waals surface area contributed by atoms with E-state index in [-0.39, 0.29) is 28.5 Å². The third-order valence-electron chi connectivity index (χ3n) is 5.92. The third-order valence-corrected chi connectivity index (χ3v) is 5.92. The number of carbonyl (C=O) groups is 1. The van der Waals surface area contributed by atoms with Crippen molar-refractivity contribution in [2.75, 3.05) is 0 Å². The molecule has 0 aromatic carbocycles. The predicted molar refractivity (Wildman–Crippen MR) is 84.8 cm³/mol. The highest BCUT2D eigenvalue weighted by molar-refractivity contribution is 5.99. The van der Waals surface area contributed by atoms with Crippen LogP contribution in [0.1, 0.15) is 74.6 Å². The van der Waals surface area contributed by atoms with Gasteiger partial charge in [-0.05, 0) is 25.7 Å². The fourth-order valence-electron chi connectivity index (χ4n) is 3.94. The number of hydrogen-bond donors (Lipinski definition) is 0. The molecular weight excluding hydrogens is 293 g/mol. The summed E-state index contributed by atoms with van der Waals surface area (Å²) in [7, 11) is 0. The molecule has 3 aliphatic rings. The highest BCUT2D eigenvalue weighted by Crippen LogP contribution is 2.52. The summed E-state index contributed by atoms with van der Waals surface area (Å²) in [6.45, 7) is 4.15. The lowest BCUT2D eigenvalue weighted by molar-refractivity contribution is 0.0883. The molecule has 2 aliphatic carbocycles. The minimum absolute atomic E-state index is 0.00270. The van der Waals surface area contributed by atoms with Crippen molar-refractivity contribution in [1.29, 1.82) is 0 Å². The summed E-state index contributed by atoms with van der Waals surface area (Å²) in [5, 5.41) is 4.46. The van der Waals surface area contributed by atoms with Crippen LogP contribution in [0.4, 0.5) is 4.39 Å². The molecule has 1 unspecified atom stereocenters. The fraction of sp³-hybridized carbons (Fsp3) is 0.611. The van der Waals surface area contributed by atoms with Gasteiger partial charge < -0.3 is 0 Å². The van der Waals surface area contributed by atoms with Crippen molar-refractivity contribution in [3.63, 3.8) is 0 Å². The number of hydrogen-bond acceptors (Lipinski definition) is 3. The molecule has 0 bridgehead atoms. The van der Waals surface area contributed by atoms with Gasteiger partial charge in [-0.15, -0.1) is 5.10 Å². The summed E-state index contributed by atoms with van der Waals surface area (Å²) in [6, 6.07) is -0.0838. The van der Waals surface area contributed by atoms with Crippen LogP contribution in [0.2, 0.25) is 0 Å². The van der Waals surface area contributed by atoms with E-state index in [4.69, 9.17) is 0 Å². The maximum atomic E-state index is 14.5. The average molecular weight is 315 g/mol. The Kier molecular flexibility index (Phi) is 3.12. The lowest BCUT2D eigenvalue weighted by Crippen LogP contribution is -2.28. The van der Waals surface area contributed by atoms with E-state index in [1.54, 1.807) is 4.68 Å². The molecule has 0 radical (unpaired) electrons. The SMILES string of the molecule is CCC1(C(=O)c2nc3n(n2)[C@H](C2(C)C=CC=CC2)C[C@@H]3F)CC1. The quantitative estimate of drug-likeness (QED) is 0.785. The van der Waals surface area contributed by atoms with Crippen LogP contribution in [0.15, 0.2) is 24.3 Å². The van der Waals surface area contributed by atoms with Crippen LogP contribution in [-0.2, 0) is 0 Å². The normalized spacial score (nSPS) is 33.7. The highest BCUT2D eigenvalue weighted by atomic mass is 19.1. The summed E-state index contributed by atoms with van der Waals surface area (Å²) in [5.74, 6) is 0.539. The van der Waals surface area contributed by atoms with Gasteiger partial charge in [-0.1, -0.05) is 38.2 Å². The summed E-state index contributed by atoms with van der Waals surface area (Å²) in [4.78, 5) is 16.9. The second-order valence-corrected chi connectivity index (χ2v) is 7.42. The number of halogens is 1. The first-order valence-electron chi connectivity index (χ1n) is 8.49. The molecule has 1 aliphatic heterocycles. The second-order valence-electron chi connectivity index (χ2n) is 7.42. The monoisotopic (exact) mass is 315 g/mol. The Morgan fingerprint density at radius 1 is 1.43 bits per heavy atom. The molecule has 1 aromatic rings. The van der Waals surface area contributed by atoms with E-state index in [9.17, 15) is 9.18 Å². The van der Waals surface area contributed by atoms with Crippen LogP contribution in [0, 0.1) is 10.8 Å². The van der Waals surface area contributed by atoms with E-state index in [0.717, 1.165) is 25.7 Å².